The number of carbonyl (C=O) groups is 2. The van der Waals surface area contributed by atoms with Crippen LogP contribution in [0.25, 0.3) is 0 Å². The maximum atomic E-state index is 14.7. The summed E-state index contributed by atoms with van der Waals surface area (Å²) in [5.41, 5.74) is -0.258. The van der Waals surface area contributed by atoms with Crippen molar-refractivity contribution in [3.63, 3.8) is 0 Å². The van der Waals surface area contributed by atoms with E-state index >= 15 is 0 Å². The van der Waals surface area contributed by atoms with Gasteiger partial charge in [0.25, 0.3) is 0 Å². The van der Waals surface area contributed by atoms with Crippen LogP contribution in [0.15, 0.2) is 42.5 Å². The summed E-state index contributed by atoms with van der Waals surface area (Å²) >= 11 is 11.9. The van der Waals surface area contributed by atoms with Gasteiger partial charge < -0.3 is 9.47 Å². The fourth-order valence-corrected chi connectivity index (χ4v) is 3.31. The van der Waals surface area contributed by atoms with E-state index in [4.69, 9.17) is 32.7 Å². The number of rotatable bonds is 2. The summed E-state index contributed by atoms with van der Waals surface area (Å²) in [4.78, 5) is 26.0. The van der Waals surface area contributed by atoms with Crippen molar-refractivity contribution in [3.05, 3.63) is 69.5 Å². The zero-order chi connectivity index (χ0) is 20.6. The Hall–Kier alpha value is -2.31. The third-order valence-corrected chi connectivity index (χ3v) is 4.51. The Kier molecular flexibility index (Phi) is 5.55. The normalized spacial score (nSPS) is 19.5. The van der Waals surface area contributed by atoms with Gasteiger partial charge in [0, 0.05) is 15.6 Å². The number of cyclic esters (lactones) is 1. The first-order valence-electron chi connectivity index (χ1n) is 8.50. The minimum Gasteiger partial charge on any atom is -0.443 e. The lowest BCUT2D eigenvalue weighted by Gasteiger charge is -2.27. The predicted molar refractivity (Wildman–Crippen MR) is 103 cm³/mol. The van der Waals surface area contributed by atoms with Crippen molar-refractivity contribution in [3.8, 4) is 0 Å². The number of hydrogen-bond donors (Lipinski definition) is 0. The van der Waals surface area contributed by atoms with Crippen molar-refractivity contribution in [2.24, 2.45) is 0 Å². The van der Waals surface area contributed by atoms with Crippen LogP contribution < -0.4 is 0 Å². The zero-order valence-electron chi connectivity index (χ0n) is 15.4. The van der Waals surface area contributed by atoms with Crippen molar-refractivity contribution < 1.29 is 23.5 Å². The first kappa shape index (κ1) is 20.4. The molecule has 5 nitrogen and oxygen atoms in total. The molecule has 0 saturated carbocycles. The van der Waals surface area contributed by atoms with Gasteiger partial charge in [-0.05, 0) is 50.6 Å². The first-order valence-corrected chi connectivity index (χ1v) is 9.25. The van der Waals surface area contributed by atoms with Gasteiger partial charge in [-0.3, -0.25) is 0 Å². The molecule has 8 heteroatoms. The number of hydrogen-bond acceptors (Lipinski definition) is 4. The Bertz CT molecular complexity index is 929. The van der Waals surface area contributed by atoms with E-state index in [0.717, 1.165) is 11.0 Å². The highest BCUT2D eigenvalue weighted by Gasteiger charge is 2.49. The van der Waals surface area contributed by atoms with E-state index in [-0.39, 0.29) is 10.6 Å². The molecule has 2 aromatic carbocycles. The summed E-state index contributed by atoms with van der Waals surface area (Å²) in [7, 11) is 0. The molecule has 28 heavy (non-hydrogen) atoms. The highest BCUT2D eigenvalue weighted by Crippen LogP contribution is 2.45. The van der Waals surface area contributed by atoms with Crippen molar-refractivity contribution in [1.82, 2.24) is 4.90 Å². The molecule has 0 spiro atoms. The van der Waals surface area contributed by atoms with Gasteiger partial charge in [-0.2, -0.15) is 0 Å². The van der Waals surface area contributed by atoms with Crippen LogP contribution in [0.3, 0.4) is 0 Å². The Labute approximate surface area is 171 Å². The van der Waals surface area contributed by atoms with E-state index in [1.165, 1.54) is 12.1 Å². The lowest BCUT2D eigenvalue weighted by Crippen LogP contribution is -2.39. The zero-order valence-corrected chi connectivity index (χ0v) is 16.9. The smallest absolute Gasteiger partial charge is 0.420 e. The largest absolute Gasteiger partial charge is 0.443 e. The second-order valence-corrected chi connectivity index (χ2v) is 8.19. The monoisotopic (exact) mass is 425 g/mol. The van der Waals surface area contributed by atoms with Crippen LogP contribution in [0.5, 0.6) is 0 Å². The van der Waals surface area contributed by atoms with Gasteiger partial charge >= 0.3 is 12.2 Å². The second-order valence-electron chi connectivity index (χ2n) is 7.32. The lowest BCUT2D eigenvalue weighted by molar-refractivity contribution is 0.0283. The van der Waals surface area contributed by atoms with Gasteiger partial charge in [-0.1, -0.05) is 41.4 Å². The molecule has 0 N–H and O–H groups in total. The maximum Gasteiger partial charge on any atom is 0.420 e. The Balaban J connectivity index is 2.10. The van der Waals surface area contributed by atoms with Crippen molar-refractivity contribution >= 4 is 35.4 Å². The van der Waals surface area contributed by atoms with Crippen LogP contribution >= 0.6 is 23.2 Å². The standard InChI is InChI=1S/C20H18Cl2FNO4/c1-20(2,3)28-19(26)24-16(14-8-7-13(22)10-15(14)23)17(27-18(24)25)11-5-4-6-12(21)9-11/h4-10,16-17H,1-3H3. The van der Waals surface area contributed by atoms with Crippen LogP contribution in [0.1, 0.15) is 44.0 Å². The fourth-order valence-electron chi connectivity index (χ4n) is 2.96. The van der Waals surface area contributed by atoms with Crippen molar-refractivity contribution in [2.45, 2.75) is 38.5 Å². The Morgan fingerprint density at radius 2 is 1.82 bits per heavy atom. The third kappa shape index (κ3) is 4.23. The van der Waals surface area contributed by atoms with Gasteiger partial charge in [0.05, 0.1) is 0 Å². The minimum atomic E-state index is -1.09. The van der Waals surface area contributed by atoms with Crippen LogP contribution in [-0.2, 0) is 9.47 Å². The van der Waals surface area contributed by atoms with E-state index in [2.05, 4.69) is 0 Å². The molecule has 1 saturated heterocycles. The average Bonchev–Trinajstić information content (AvgIpc) is 2.90. The molecule has 1 aliphatic heterocycles. The second kappa shape index (κ2) is 7.60. The molecule has 2 amide bonds. The van der Waals surface area contributed by atoms with Crippen LogP contribution in [0, 0.1) is 5.82 Å². The molecule has 3 rings (SSSR count). The molecule has 0 radical (unpaired) electrons. The molecule has 0 aromatic heterocycles. The molecule has 2 unspecified atom stereocenters. The molecule has 1 aliphatic rings. The molecule has 2 atom stereocenters. The van der Waals surface area contributed by atoms with Crippen LogP contribution in [0.4, 0.5) is 14.0 Å². The van der Waals surface area contributed by atoms with E-state index in [9.17, 15) is 14.0 Å². The van der Waals surface area contributed by atoms with Gasteiger partial charge in [0.2, 0.25) is 0 Å². The van der Waals surface area contributed by atoms with E-state index in [1.54, 1.807) is 45.0 Å². The molecule has 1 heterocycles. The number of ether oxygens (including phenoxy) is 2. The Morgan fingerprint density at radius 1 is 1.14 bits per heavy atom. The van der Waals surface area contributed by atoms with Gasteiger partial charge in [-0.15, -0.1) is 0 Å². The summed E-state index contributed by atoms with van der Waals surface area (Å²) in [6, 6.07) is 9.54. The third-order valence-electron chi connectivity index (χ3n) is 4.04. The van der Waals surface area contributed by atoms with Gasteiger partial charge in [-0.25, -0.2) is 18.9 Å². The minimum absolute atomic E-state index is 0.0751. The van der Waals surface area contributed by atoms with E-state index in [1.807, 2.05) is 0 Å². The SMILES string of the molecule is CC(C)(C)OC(=O)N1C(=O)OC(c2cccc(Cl)c2)C1c1ccc(Cl)cc1F. The molecule has 148 valence electrons. The van der Waals surface area contributed by atoms with Gasteiger partial charge in [0.1, 0.15) is 17.5 Å². The van der Waals surface area contributed by atoms with Crippen molar-refractivity contribution in [1.29, 1.82) is 0 Å². The quantitative estimate of drug-likeness (QED) is 0.566. The lowest BCUT2D eigenvalue weighted by atomic mass is 9.95. The highest BCUT2D eigenvalue weighted by atomic mass is 35.5. The summed E-state index contributed by atoms with van der Waals surface area (Å²) in [5.74, 6) is -0.670. The molecule has 0 bridgehead atoms. The summed E-state index contributed by atoms with van der Waals surface area (Å²) in [6.07, 6.45) is -2.82. The topological polar surface area (TPSA) is 55.8 Å². The summed E-state index contributed by atoms with van der Waals surface area (Å²) in [5, 5.41) is 0.606. The van der Waals surface area contributed by atoms with Crippen LogP contribution in [0.2, 0.25) is 10.0 Å². The number of halogens is 3. The maximum absolute atomic E-state index is 14.7. The molecule has 2 aromatic rings. The van der Waals surface area contributed by atoms with Crippen molar-refractivity contribution in [2.75, 3.05) is 0 Å². The number of amides is 2. The van der Waals surface area contributed by atoms with E-state index in [0.29, 0.717) is 10.6 Å². The number of carbonyl (C=O) groups excluding carboxylic acids is 2. The predicted octanol–water partition coefficient (Wildman–Crippen LogP) is 6.30. The Morgan fingerprint density at radius 3 is 2.43 bits per heavy atom. The average molecular weight is 426 g/mol. The number of benzene rings is 2. The van der Waals surface area contributed by atoms with Gasteiger partial charge in [0.15, 0.2) is 6.10 Å². The first-order chi connectivity index (χ1) is 13.1. The number of nitrogens with zero attached hydrogens (tertiary/aromatic N) is 1. The number of imide groups is 1. The molecule has 1 fully saturated rings. The molecule has 0 aliphatic carbocycles. The van der Waals surface area contributed by atoms with E-state index < -0.39 is 35.8 Å². The van der Waals surface area contributed by atoms with Crippen LogP contribution in [-0.4, -0.2) is 22.7 Å². The molecular formula is C20H18Cl2FNO4. The summed E-state index contributed by atoms with van der Waals surface area (Å²) < 4.78 is 25.5. The summed E-state index contributed by atoms with van der Waals surface area (Å²) in [6.45, 7) is 5.00. The molecular weight excluding hydrogens is 408 g/mol. The fraction of sp³-hybridized carbons (Fsp3) is 0.300. The highest BCUT2D eigenvalue weighted by molar-refractivity contribution is 6.30.